The first-order valence-electron chi connectivity index (χ1n) is 7.19. The maximum atomic E-state index is 13.0. The number of hydrogen-bond acceptors (Lipinski definition) is 5. The second kappa shape index (κ2) is 6.12. The Morgan fingerprint density at radius 1 is 1.25 bits per heavy atom. The van der Waals surface area contributed by atoms with E-state index in [1.807, 2.05) is 6.92 Å². The Bertz CT molecular complexity index is 981. The van der Waals surface area contributed by atoms with E-state index in [-0.39, 0.29) is 10.6 Å². The molecule has 1 heterocycles. The van der Waals surface area contributed by atoms with Gasteiger partial charge in [0, 0.05) is 11.5 Å². The van der Waals surface area contributed by atoms with Crippen molar-refractivity contribution in [2.75, 3.05) is 11.8 Å². The quantitative estimate of drug-likeness (QED) is 0.763. The average Bonchev–Trinajstić information content (AvgIpc) is 2.96. The van der Waals surface area contributed by atoms with Crippen molar-refractivity contribution in [2.24, 2.45) is 0 Å². The fraction of sp³-hybridized carbons (Fsp3) is 0.188. The molecule has 1 aromatic heterocycles. The number of benzene rings is 2. The largest absolute Gasteiger partial charge is 0.494 e. The maximum Gasteiger partial charge on any atom is 0.262 e. The number of aryl methyl sites for hydroxylation is 1. The number of fused-ring (bicyclic) bond motifs is 1. The van der Waals surface area contributed by atoms with Crippen molar-refractivity contribution in [3.05, 3.63) is 47.9 Å². The number of nitrogens with one attached hydrogen (secondary N) is 1. The molecule has 0 amide bonds. The molecule has 3 rings (SSSR count). The van der Waals surface area contributed by atoms with Gasteiger partial charge >= 0.3 is 0 Å². The third kappa shape index (κ3) is 2.92. The van der Waals surface area contributed by atoms with E-state index in [4.69, 9.17) is 9.26 Å². The summed E-state index contributed by atoms with van der Waals surface area (Å²) in [5.74, 6) is -0.211. The van der Waals surface area contributed by atoms with Gasteiger partial charge in [0.2, 0.25) is 0 Å². The summed E-state index contributed by atoms with van der Waals surface area (Å²) >= 11 is 0. The van der Waals surface area contributed by atoms with Gasteiger partial charge in [-0.05, 0) is 36.8 Å². The van der Waals surface area contributed by atoms with Crippen molar-refractivity contribution in [1.82, 2.24) is 5.16 Å². The Balaban J connectivity index is 2.06. The molecule has 0 aliphatic carbocycles. The average molecular weight is 350 g/mol. The first kappa shape index (κ1) is 16.3. The molecule has 0 aliphatic rings. The summed E-state index contributed by atoms with van der Waals surface area (Å²) in [7, 11) is -2.46. The number of hydrogen-bond donors (Lipinski definition) is 1. The van der Waals surface area contributed by atoms with Crippen LogP contribution < -0.4 is 9.46 Å². The van der Waals surface area contributed by atoms with Crippen LogP contribution in [0.2, 0.25) is 0 Å². The molecule has 0 atom stereocenters. The number of aromatic nitrogens is 1. The summed E-state index contributed by atoms with van der Waals surface area (Å²) in [6.45, 7) is 1.92. The lowest BCUT2D eigenvalue weighted by molar-refractivity contribution is 0.413. The fourth-order valence-electron chi connectivity index (χ4n) is 2.34. The number of ether oxygens (including phenoxy) is 1. The highest BCUT2D eigenvalue weighted by Gasteiger charge is 2.19. The smallest absolute Gasteiger partial charge is 0.262 e. The van der Waals surface area contributed by atoms with E-state index in [2.05, 4.69) is 9.88 Å². The first-order chi connectivity index (χ1) is 11.4. The van der Waals surface area contributed by atoms with Gasteiger partial charge in [-0.1, -0.05) is 12.1 Å². The number of rotatable bonds is 5. The zero-order chi connectivity index (χ0) is 17.3. The molecule has 3 aromatic rings. The van der Waals surface area contributed by atoms with Crippen LogP contribution in [0, 0.1) is 5.82 Å². The van der Waals surface area contributed by atoms with Crippen molar-refractivity contribution >= 4 is 26.7 Å². The van der Waals surface area contributed by atoms with Crippen LogP contribution in [0.1, 0.15) is 12.6 Å². The molecule has 0 unspecified atom stereocenters. The highest BCUT2D eigenvalue weighted by molar-refractivity contribution is 7.92. The van der Waals surface area contributed by atoms with Gasteiger partial charge in [-0.25, -0.2) is 12.8 Å². The molecule has 2 aromatic carbocycles. The zero-order valence-corrected chi connectivity index (χ0v) is 13.9. The minimum absolute atomic E-state index is 0.0490. The number of anilines is 1. The van der Waals surface area contributed by atoms with Gasteiger partial charge in [-0.2, -0.15) is 0 Å². The van der Waals surface area contributed by atoms with Crippen LogP contribution in [0.3, 0.4) is 0 Å². The van der Waals surface area contributed by atoms with E-state index in [0.717, 1.165) is 17.8 Å². The van der Waals surface area contributed by atoms with Gasteiger partial charge in [0.15, 0.2) is 5.58 Å². The first-order valence-corrected chi connectivity index (χ1v) is 8.67. The van der Waals surface area contributed by atoms with Crippen LogP contribution in [-0.4, -0.2) is 20.7 Å². The predicted octanol–water partition coefficient (Wildman–Crippen LogP) is 3.34. The molecule has 6 nitrogen and oxygen atoms in total. The minimum Gasteiger partial charge on any atom is -0.494 e. The Morgan fingerprint density at radius 3 is 2.58 bits per heavy atom. The molecule has 0 radical (unpaired) electrons. The molecule has 0 spiro atoms. The zero-order valence-electron chi connectivity index (χ0n) is 13.0. The number of nitrogens with zero attached hydrogens (tertiary/aromatic N) is 1. The molecule has 126 valence electrons. The van der Waals surface area contributed by atoms with E-state index in [9.17, 15) is 12.8 Å². The molecular weight excluding hydrogens is 335 g/mol. The van der Waals surface area contributed by atoms with Crippen LogP contribution in [-0.2, 0) is 16.4 Å². The van der Waals surface area contributed by atoms with Crippen LogP contribution in [0.4, 0.5) is 10.1 Å². The van der Waals surface area contributed by atoms with Gasteiger partial charge in [0.1, 0.15) is 11.6 Å². The number of halogens is 1. The fourth-order valence-corrected chi connectivity index (χ4v) is 3.40. The lowest BCUT2D eigenvalue weighted by Crippen LogP contribution is -2.13. The molecule has 0 bridgehead atoms. The summed E-state index contributed by atoms with van der Waals surface area (Å²) in [5, 5.41) is 4.65. The molecule has 0 fully saturated rings. The van der Waals surface area contributed by atoms with E-state index in [0.29, 0.717) is 23.1 Å². The van der Waals surface area contributed by atoms with Gasteiger partial charge in [0.05, 0.1) is 23.4 Å². The van der Waals surface area contributed by atoms with Crippen molar-refractivity contribution in [2.45, 2.75) is 18.2 Å². The Labute approximate surface area is 138 Å². The van der Waals surface area contributed by atoms with E-state index < -0.39 is 15.8 Å². The molecule has 1 N–H and O–H groups in total. The predicted molar refractivity (Wildman–Crippen MR) is 87.1 cm³/mol. The standard InChI is InChI=1S/C16H15FN2O4S/c1-3-13-12-8-14(16(22-2)9-15(12)23-18-13)19-24(20,21)11-6-4-10(17)5-7-11/h4-9,19H,3H2,1-2H3. The van der Waals surface area contributed by atoms with Crippen molar-refractivity contribution in [1.29, 1.82) is 0 Å². The lowest BCUT2D eigenvalue weighted by atomic mass is 10.1. The summed E-state index contributed by atoms with van der Waals surface area (Å²) in [6, 6.07) is 7.75. The van der Waals surface area contributed by atoms with Crippen molar-refractivity contribution < 1.29 is 22.1 Å². The highest BCUT2D eigenvalue weighted by atomic mass is 32.2. The molecule has 8 heteroatoms. The van der Waals surface area contributed by atoms with Gasteiger partial charge in [-0.15, -0.1) is 0 Å². The second-order valence-corrected chi connectivity index (χ2v) is 6.77. The second-order valence-electron chi connectivity index (χ2n) is 5.09. The lowest BCUT2D eigenvalue weighted by Gasteiger charge is -2.12. The van der Waals surface area contributed by atoms with E-state index in [1.54, 1.807) is 12.1 Å². The highest BCUT2D eigenvalue weighted by Crippen LogP contribution is 2.33. The molecule has 0 saturated heterocycles. The van der Waals surface area contributed by atoms with Gasteiger partial charge < -0.3 is 9.26 Å². The number of sulfonamides is 1. The number of methoxy groups -OCH3 is 1. The normalized spacial score (nSPS) is 11.6. The Kier molecular flexibility index (Phi) is 4.15. The Hall–Kier alpha value is -2.61. The van der Waals surface area contributed by atoms with E-state index in [1.165, 1.54) is 19.2 Å². The summed E-state index contributed by atoms with van der Waals surface area (Å²) < 4.78 is 50.9. The third-order valence-corrected chi connectivity index (χ3v) is 4.95. The summed E-state index contributed by atoms with van der Waals surface area (Å²) in [6.07, 6.45) is 0.642. The summed E-state index contributed by atoms with van der Waals surface area (Å²) in [4.78, 5) is -0.0490. The third-order valence-electron chi connectivity index (χ3n) is 3.57. The minimum atomic E-state index is -3.88. The maximum absolute atomic E-state index is 13.0. The Morgan fingerprint density at radius 2 is 1.96 bits per heavy atom. The van der Waals surface area contributed by atoms with E-state index >= 15 is 0 Å². The topological polar surface area (TPSA) is 81.4 Å². The van der Waals surface area contributed by atoms with Crippen LogP contribution >= 0.6 is 0 Å². The van der Waals surface area contributed by atoms with Gasteiger partial charge in [0.25, 0.3) is 10.0 Å². The molecule has 0 saturated carbocycles. The van der Waals surface area contributed by atoms with Gasteiger partial charge in [-0.3, -0.25) is 4.72 Å². The molecular formula is C16H15FN2O4S. The van der Waals surface area contributed by atoms with Crippen molar-refractivity contribution in [3.63, 3.8) is 0 Å². The SMILES string of the molecule is CCc1noc2cc(OC)c(NS(=O)(=O)c3ccc(F)cc3)cc12. The van der Waals surface area contributed by atoms with Crippen LogP contribution in [0.15, 0.2) is 45.8 Å². The monoisotopic (exact) mass is 350 g/mol. The van der Waals surface area contributed by atoms with Crippen LogP contribution in [0.25, 0.3) is 11.0 Å². The van der Waals surface area contributed by atoms with Crippen molar-refractivity contribution in [3.8, 4) is 5.75 Å². The van der Waals surface area contributed by atoms with Crippen LogP contribution in [0.5, 0.6) is 5.75 Å². The molecule has 0 aliphatic heterocycles. The summed E-state index contributed by atoms with van der Waals surface area (Å²) in [5.41, 5.74) is 1.48. The molecule has 24 heavy (non-hydrogen) atoms.